The van der Waals surface area contributed by atoms with Crippen molar-refractivity contribution < 1.29 is 9.32 Å². The standard InChI is InChI=1S/C20H27N3O2S/c1-13(2)7-5-11-23-12-6-8-16(23)17-9-10-18(26-17)20(24)21-19-14(3)22-25-15(19)4/h5,7,9-10,13,16H,6,8,11-12H2,1-4H3,(H,21,24). The molecule has 1 fully saturated rings. The highest BCUT2D eigenvalue weighted by molar-refractivity contribution is 7.14. The third-order valence-electron chi connectivity index (χ3n) is 4.68. The first-order chi connectivity index (χ1) is 12.5. The van der Waals surface area contributed by atoms with Crippen LogP contribution >= 0.6 is 11.3 Å². The Morgan fingerprint density at radius 1 is 1.46 bits per heavy atom. The molecular formula is C20H27N3O2S. The predicted molar refractivity (Wildman–Crippen MR) is 106 cm³/mol. The van der Waals surface area contributed by atoms with Gasteiger partial charge >= 0.3 is 0 Å². The fourth-order valence-electron chi connectivity index (χ4n) is 3.33. The van der Waals surface area contributed by atoms with Gasteiger partial charge in [0.15, 0.2) is 5.76 Å². The molecule has 5 nitrogen and oxygen atoms in total. The van der Waals surface area contributed by atoms with Gasteiger partial charge in [-0.3, -0.25) is 9.69 Å². The largest absolute Gasteiger partial charge is 0.359 e. The van der Waals surface area contributed by atoms with E-state index in [0.29, 0.717) is 29.1 Å². The second-order valence-electron chi connectivity index (χ2n) is 7.18. The molecule has 1 aliphatic heterocycles. The molecule has 0 radical (unpaired) electrons. The van der Waals surface area contributed by atoms with Gasteiger partial charge < -0.3 is 9.84 Å². The predicted octanol–water partition coefficient (Wildman–Crippen LogP) is 4.95. The molecule has 3 rings (SSSR count). The van der Waals surface area contributed by atoms with Crippen LogP contribution in [0.2, 0.25) is 0 Å². The lowest BCUT2D eigenvalue weighted by molar-refractivity contribution is 0.103. The van der Waals surface area contributed by atoms with E-state index >= 15 is 0 Å². The molecule has 1 saturated heterocycles. The Labute approximate surface area is 159 Å². The molecule has 1 amide bonds. The van der Waals surface area contributed by atoms with Crippen molar-refractivity contribution in [2.45, 2.75) is 46.6 Å². The van der Waals surface area contributed by atoms with Crippen LogP contribution in [0.3, 0.4) is 0 Å². The van der Waals surface area contributed by atoms with Gasteiger partial charge in [0.25, 0.3) is 5.91 Å². The van der Waals surface area contributed by atoms with E-state index in [-0.39, 0.29) is 5.91 Å². The highest BCUT2D eigenvalue weighted by atomic mass is 32.1. The minimum Gasteiger partial charge on any atom is -0.359 e. The zero-order valence-electron chi connectivity index (χ0n) is 15.9. The van der Waals surface area contributed by atoms with Crippen LogP contribution in [-0.2, 0) is 0 Å². The molecule has 3 heterocycles. The van der Waals surface area contributed by atoms with Crippen molar-refractivity contribution in [1.29, 1.82) is 0 Å². The summed E-state index contributed by atoms with van der Waals surface area (Å²) in [6.45, 7) is 10.1. The summed E-state index contributed by atoms with van der Waals surface area (Å²) in [6, 6.07) is 4.44. The third kappa shape index (κ3) is 4.24. The van der Waals surface area contributed by atoms with Gasteiger partial charge in [-0.05, 0) is 51.3 Å². The van der Waals surface area contributed by atoms with Crippen molar-refractivity contribution in [3.05, 3.63) is 45.5 Å². The van der Waals surface area contributed by atoms with Crippen LogP contribution < -0.4 is 5.32 Å². The Morgan fingerprint density at radius 2 is 2.27 bits per heavy atom. The summed E-state index contributed by atoms with van der Waals surface area (Å²) >= 11 is 1.59. The average Bonchev–Trinajstić information content (AvgIpc) is 3.30. The summed E-state index contributed by atoms with van der Waals surface area (Å²) in [5.74, 6) is 1.11. The van der Waals surface area contributed by atoms with Crippen LogP contribution in [0.25, 0.3) is 0 Å². The number of carbonyl (C=O) groups excluding carboxylic acids is 1. The molecule has 1 N–H and O–H groups in total. The van der Waals surface area contributed by atoms with Gasteiger partial charge in [-0.15, -0.1) is 11.3 Å². The summed E-state index contributed by atoms with van der Waals surface area (Å²) in [5.41, 5.74) is 1.37. The lowest BCUT2D eigenvalue weighted by Gasteiger charge is -2.22. The topological polar surface area (TPSA) is 58.4 Å². The van der Waals surface area contributed by atoms with Crippen molar-refractivity contribution in [1.82, 2.24) is 10.1 Å². The maximum absolute atomic E-state index is 12.6. The van der Waals surface area contributed by atoms with E-state index in [9.17, 15) is 4.79 Å². The van der Waals surface area contributed by atoms with Gasteiger partial charge in [-0.25, -0.2) is 0 Å². The Balaban J connectivity index is 1.67. The fourth-order valence-corrected chi connectivity index (χ4v) is 4.40. The average molecular weight is 374 g/mol. The molecule has 0 spiro atoms. The van der Waals surface area contributed by atoms with Crippen molar-refractivity contribution in [3.63, 3.8) is 0 Å². The van der Waals surface area contributed by atoms with Crippen LogP contribution in [0.15, 0.2) is 28.8 Å². The summed E-state index contributed by atoms with van der Waals surface area (Å²) in [7, 11) is 0. The van der Waals surface area contributed by atoms with Crippen molar-refractivity contribution in [2.24, 2.45) is 5.92 Å². The van der Waals surface area contributed by atoms with Crippen LogP contribution in [0.4, 0.5) is 5.69 Å². The van der Waals surface area contributed by atoms with E-state index in [0.717, 1.165) is 24.4 Å². The van der Waals surface area contributed by atoms with E-state index in [4.69, 9.17) is 4.52 Å². The Bertz CT molecular complexity index is 771. The van der Waals surface area contributed by atoms with E-state index in [1.165, 1.54) is 11.3 Å². The number of aryl methyl sites for hydroxylation is 2. The smallest absolute Gasteiger partial charge is 0.265 e. The second kappa shape index (κ2) is 8.18. The van der Waals surface area contributed by atoms with Gasteiger partial charge in [0.05, 0.1) is 4.88 Å². The molecule has 140 valence electrons. The first kappa shape index (κ1) is 18.9. The number of anilines is 1. The zero-order chi connectivity index (χ0) is 18.7. The number of carbonyl (C=O) groups is 1. The van der Waals surface area contributed by atoms with Crippen molar-refractivity contribution in [2.75, 3.05) is 18.4 Å². The van der Waals surface area contributed by atoms with Crippen LogP contribution in [0.1, 0.15) is 58.7 Å². The molecule has 1 atom stereocenters. The number of likely N-dealkylation sites (tertiary alicyclic amines) is 1. The van der Waals surface area contributed by atoms with E-state index in [2.05, 4.69) is 47.4 Å². The number of aromatic nitrogens is 1. The van der Waals surface area contributed by atoms with E-state index < -0.39 is 0 Å². The molecule has 2 aromatic rings. The molecule has 2 aromatic heterocycles. The van der Waals surface area contributed by atoms with E-state index in [1.54, 1.807) is 18.3 Å². The summed E-state index contributed by atoms with van der Waals surface area (Å²) in [5, 5.41) is 6.81. The van der Waals surface area contributed by atoms with Crippen LogP contribution in [0.5, 0.6) is 0 Å². The van der Waals surface area contributed by atoms with Crippen molar-refractivity contribution >= 4 is 22.9 Å². The van der Waals surface area contributed by atoms with Crippen molar-refractivity contribution in [3.8, 4) is 0 Å². The maximum atomic E-state index is 12.6. The molecule has 1 unspecified atom stereocenters. The van der Waals surface area contributed by atoms with Gasteiger partial charge in [-0.1, -0.05) is 31.2 Å². The molecule has 0 aromatic carbocycles. The number of rotatable bonds is 6. The highest BCUT2D eigenvalue weighted by Gasteiger charge is 2.27. The number of nitrogens with one attached hydrogen (secondary N) is 1. The monoisotopic (exact) mass is 373 g/mol. The van der Waals surface area contributed by atoms with Crippen LogP contribution in [-0.4, -0.2) is 29.1 Å². The number of nitrogens with zero attached hydrogens (tertiary/aromatic N) is 2. The normalized spacial score (nSPS) is 18.3. The number of amides is 1. The zero-order valence-corrected chi connectivity index (χ0v) is 16.7. The molecule has 26 heavy (non-hydrogen) atoms. The quantitative estimate of drug-likeness (QED) is 0.728. The molecule has 0 aliphatic carbocycles. The Kier molecular flexibility index (Phi) is 5.94. The summed E-state index contributed by atoms with van der Waals surface area (Å²) in [6.07, 6.45) is 6.88. The molecule has 0 bridgehead atoms. The molecule has 1 aliphatic rings. The SMILES string of the molecule is Cc1noc(C)c1NC(=O)c1ccc(C2CCCN2CC=CC(C)C)s1. The second-order valence-corrected chi connectivity index (χ2v) is 8.30. The number of hydrogen-bond acceptors (Lipinski definition) is 5. The van der Waals surface area contributed by atoms with Gasteiger partial charge in [-0.2, -0.15) is 0 Å². The lowest BCUT2D eigenvalue weighted by atomic mass is 10.1. The summed E-state index contributed by atoms with van der Waals surface area (Å²) < 4.78 is 5.11. The first-order valence-corrected chi connectivity index (χ1v) is 10.0. The van der Waals surface area contributed by atoms with Gasteiger partial charge in [0, 0.05) is 17.5 Å². The minimum absolute atomic E-state index is 0.0973. The first-order valence-electron chi connectivity index (χ1n) is 9.20. The van der Waals surface area contributed by atoms with Gasteiger partial charge in [0.1, 0.15) is 11.4 Å². The third-order valence-corrected chi connectivity index (χ3v) is 5.86. The fraction of sp³-hybridized carbons (Fsp3) is 0.500. The highest BCUT2D eigenvalue weighted by Crippen LogP contribution is 2.36. The minimum atomic E-state index is -0.0973. The molecular weight excluding hydrogens is 346 g/mol. The summed E-state index contributed by atoms with van der Waals surface area (Å²) in [4.78, 5) is 17.1. The maximum Gasteiger partial charge on any atom is 0.265 e. The number of hydrogen-bond donors (Lipinski definition) is 1. The van der Waals surface area contributed by atoms with Crippen LogP contribution in [0, 0.1) is 19.8 Å². The number of thiophene rings is 1. The molecule has 0 saturated carbocycles. The van der Waals surface area contributed by atoms with E-state index in [1.807, 2.05) is 13.0 Å². The molecule has 6 heteroatoms. The number of allylic oxidation sites excluding steroid dienone is 1. The Morgan fingerprint density at radius 3 is 2.96 bits per heavy atom. The Hall–Kier alpha value is -1.92. The lowest BCUT2D eigenvalue weighted by Crippen LogP contribution is -2.22. The van der Waals surface area contributed by atoms with Gasteiger partial charge in [0.2, 0.25) is 0 Å².